The second-order valence-corrected chi connectivity index (χ2v) is 8.14. The lowest BCUT2D eigenvalue weighted by molar-refractivity contribution is 0.113. The molecule has 0 aliphatic carbocycles. The minimum absolute atomic E-state index is 0.749. The smallest absolute Gasteiger partial charge is 0.166 e. The van der Waals surface area contributed by atoms with E-state index in [2.05, 4.69) is 27.9 Å². The second-order valence-electron chi connectivity index (χ2n) is 6.04. The minimum Gasteiger partial charge on any atom is -0.385 e. The van der Waals surface area contributed by atoms with Crippen molar-refractivity contribution in [2.75, 3.05) is 32.7 Å². The third kappa shape index (κ3) is 5.97. The van der Waals surface area contributed by atoms with Crippen molar-refractivity contribution in [3.8, 4) is 0 Å². The number of imidazole rings is 1. The molecule has 0 unspecified atom stereocenters. The Hall–Kier alpha value is -1.54. The van der Waals surface area contributed by atoms with Gasteiger partial charge in [0.15, 0.2) is 5.16 Å². The van der Waals surface area contributed by atoms with E-state index in [0.29, 0.717) is 0 Å². The summed E-state index contributed by atoms with van der Waals surface area (Å²) < 4.78 is 10.6. The van der Waals surface area contributed by atoms with Gasteiger partial charge in [0.2, 0.25) is 0 Å². The number of H-pyrrole nitrogens is 1. The molecule has 1 aromatic carbocycles. The normalized spacial score (nSPS) is 11.3. The zero-order valence-electron chi connectivity index (χ0n) is 15.7. The van der Waals surface area contributed by atoms with Crippen LogP contribution < -0.4 is 0 Å². The third-order valence-electron chi connectivity index (χ3n) is 4.09. The van der Waals surface area contributed by atoms with Crippen LogP contribution in [0, 0.1) is 6.92 Å². The molecule has 3 rings (SSSR count). The van der Waals surface area contributed by atoms with Gasteiger partial charge in [0.1, 0.15) is 0 Å². The van der Waals surface area contributed by atoms with Crippen LogP contribution in [0.2, 0.25) is 0 Å². The number of rotatable bonds is 11. The molecule has 1 N–H and O–H groups in total. The maximum atomic E-state index is 5.63. The van der Waals surface area contributed by atoms with Crippen molar-refractivity contribution >= 4 is 34.6 Å². The van der Waals surface area contributed by atoms with Gasteiger partial charge in [0.25, 0.3) is 0 Å². The average Bonchev–Trinajstić information content (AvgIpc) is 3.10. The highest BCUT2D eigenvalue weighted by molar-refractivity contribution is 7.99. The fraction of sp³-hybridized carbons (Fsp3) is 0.400. The maximum Gasteiger partial charge on any atom is 0.166 e. The Labute approximate surface area is 168 Å². The summed E-state index contributed by atoms with van der Waals surface area (Å²) >= 11 is 3.51. The largest absolute Gasteiger partial charge is 0.385 e. The first-order chi connectivity index (χ1) is 13.3. The Bertz CT molecular complexity index is 821. The number of nitrogens with one attached hydrogen (secondary N) is 1. The number of aromatic amines is 1. The van der Waals surface area contributed by atoms with E-state index in [1.54, 1.807) is 18.9 Å². The summed E-state index contributed by atoms with van der Waals surface area (Å²) in [4.78, 5) is 13.8. The molecule has 0 atom stereocenters. The Balaban J connectivity index is 1.50. The van der Waals surface area contributed by atoms with E-state index in [0.717, 1.165) is 59.6 Å². The fourth-order valence-corrected chi connectivity index (χ4v) is 4.44. The number of ether oxygens (including phenoxy) is 2. The molecule has 7 heteroatoms. The van der Waals surface area contributed by atoms with E-state index in [-0.39, 0.29) is 0 Å². The van der Waals surface area contributed by atoms with Gasteiger partial charge in [-0.1, -0.05) is 23.9 Å². The molecular formula is C20H25N3O2S2. The monoisotopic (exact) mass is 403 g/mol. The summed E-state index contributed by atoms with van der Waals surface area (Å²) in [6.45, 7) is 4.40. The van der Waals surface area contributed by atoms with Gasteiger partial charge in [-0.05, 0) is 37.1 Å². The quantitative estimate of drug-likeness (QED) is 0.370. The topological polar surface area (TPSA) is 60.0 Å². The van der Waals surface area contributed by atoms with Crippen molar-refractivity contribution in [2.24, 2.45) is 0 Å². The van der Waals surface area contributed by atoms with E-state index < -0.39 is 0 Å². The summed E-state index contributed by atoms with van der Waals surface area (Å²) in [5, 5.41) is 0.930. The van der Waals surface area contributed by atoms with Crippen molar-refractivity contribution in [3.05, 3.63) is 47.8 Å². The van der Waals surface area contributed by atoms with Gasteiger partial charge in [0, 0.05) is 42.9 Å². The molecule has 0 bridgehead atoms. The van der Waals surface area contributed by atoms with Crippen LogP contribution in [-0.2, 0) is 15.2 Å². The third-order valence-corrected chi connectivity index (χ3v) is 6.10. The molecule has 0 aliphatic rings. The first-order valence-corrected chi connectivity index (χ1v) is 11.0. The Morgan fingerprint density at radius 1 is 1.07 bits per heavy atom. The Morgan fingerprint density at radius 3 is 2.81 bits per heavy atom. The molecule has 2 aromatic heterocycles. The van der Waals surface area contributed by atoms with E-state index in [4.69, 9.17) is 9.47 Å². The summed E-state index contributed by atoms with van der Waals surface area (Å²) in [6, 6.07) is 10.2. The fourth-order valence-electron chi connectivity index (χ4n) is 2.61. The highest BCUT2D eigenvalue weighted by atomic mass is 32.2. The number of hydrogen-bond donors (Lipinski definition) is 1. The van der Waals surface area contributed by atoms with Crippen molar-refractivity contribution in [2.45, 2.75) is 29.1 Å². The van der Waals surface area contributed by atoms with Crippen LogP contribution in [0.25, 0.3) is 11.0 Å². The number of nitrogens with zero attached hydrogens (tertiary/aromatic N) is 2. The molecule has 0 fully saturated rings. The molecule has 5 nitrogen and oxygen atoms in total. The molecule has 0 amide bonds. The van der Waals surface area contributed by atoms with Crippen LogP contribution in [-0.4, -0.2) is 47.6 Å². The van der Waals surface area contributed by atoms with Gasteiger partial charge < -0.3 is 14.5 Å². The molecule has 0 spiro atoms. The highest BCUT2D eigenvalue weighted by Gasteiger charge is 2.09. The van der Waals surface area contributed by atoms with Crippen molar-refractivity contribution in [3.63, 3.8) is 0 Å². The molecule has 0 saturated heterocycles. The van der Waals surface area contributed by atoms with Gasteiger partial charge in [-0.25, -0.2) is 4.98 Å². The van der Waals surface area contributed by atoms with Gasteiger partial charge in [-0.3, -0.25) is 4.98 Å². The number of methoxy groups -OCH3 is 1. The number of fused-ring (bicyclic) bond motifs is 1. The number of para-hydroxylation sites is 2. The summed E-state index contributed by atoms with van der Waals surface area (Å²) in [6.07, 6.45) is 2.84. The zero-order valence-corrected chi connectivity index (χ0v) is 17.4. The standard InChI is InChI=1S/C20H25N3O2S2/c1-15-18(14-27-20-22-16-6-3-4-7-17(16)23-20)21-9-8-19(15)26-13-12-25-11-5-10-24-2/h3-4,6-9H,5,10-14H2,1-2H3,(H,22,23). The van der Waals surface area contributed by atoms with Gasteiger partial charge in [0.05, 0.1) is 23.3 Å². The predicted molar refractivity (Wildman–Crippen MR) is 113 cm³/mol. The van der Waals surface area contributed by atoms with Gasteiger partial charge in [-0.15, -0.1) is 11.8 Å². The number of hydrogen-bond acceptors (Lipinski definition) is 6. The lowest BCUT2D eigenvalue weighted by Gasteiger charge is -2.10. The maximum absolute atomic E-state index is 5.63. The van der Waals surface area contributed by atoms with E-state index in [1.165, 1.54) is 10.5 Å². The van der Waals surface area contributed by atoms with Crippen LogP contribution in [0.5, 0.6) is 0 Å². The van der Waals surface area contributed by atoms with Crippen molar-refractivity contribution in [1.82, 2.24) is 15.0 Å². The van der Waals surface area contributed by atoms with Crippen LogP contribution in [0.1, 0.15) is 17.7 Å². The van der Waals surface area contributed by atoms with E-state index in [9.17, 15) is 0 Å². The van der Waals surface area contributed by atoms with Crippen molar-refractivity contribution in [1.29, 1.82) is 0 Å². The summed E-state index contributed by atoms with van der Waals surface area (Å²) in [7, 11) is 1.71. The molecule has 3 aromatic rings. The molecule has 0 saturated carbocycles. The molecular weight excluding hydrogens is 378 g/mol. The van der Waals surface area contributed by atoms with Gasteiger partial charge in [-0.2, -0.15) is 0 Å². The molecule has 0 aliphatic heterocycles. The second kappa shape index (κ2) is 10.7. The summed E-state index contributed by atoms with van der Waals surface area (Å²) in [5.41, 5.74) is 4.41. The number of thioether (sulfide) groups is 2. The average molecular weight is 404 g/mol. The predicted octanol–water partition coefficient (Wildman–Crippen LogP) is 4.70. The highest BCUT2D eigenvalue weighted by Crippen LogP contribution is 2.28. The van der Waals surface area contributed by atoms with Crippen LogP contribution in [0.15, 0.2) is 46.6 Å². The van der Waals surface area contributed by atoms with Crippen LogP contribution in [0.3, 0.4) is 0 Å². The number of aromatic nitrogens is 3. The molecule has 144 valence electrons. The minimum atomic E-state index is 0.749. The van der Waals surface area contributed by atoms with E-state index >= 15 is 0 Å². The molecule has 0 radical (unpaired) electrons. The Morgan fingerprint density at radius 2 is 1.96 bits per heavy atom. The first kappa shape index (κ1) is 20.2. The van der Waals surface area contributed by atoms with Gasteiger partial charge >= 0.3 is 0 Å². The summed E-state index contributed by atoms with van der Waals surface area (Å²) in [5.74, 6) is 1.74. The van der Waals surface area contributed by atoms with Crippen LogP contribution >= 0.6 is 23.5 Å². The van der Waals surface area contributed by atoms with Crippen molar-refractivity contribution < 1.29 is 9.47 Å². The number of benzene rings is 1. The molecule has 2 heterocycles. The SMILES string of the molecule is COCCCOCCSc1ccnc(CSc2nc3ccccc3[nH]2)c1C. The van der Waals surface area contributed by atoms with E-state index in [1.807, 2.05) is 42.2 Å². The zero-order chi connectivity index (χ0) is 18.9. The van der Waals surface area contributed by atoms with Crippen LogP contribution in [0.4, 0.5) is 0 Å². The number of pyridine rings is 1. The molecule has 27 heavy (non-hydrogen) atoms. The first-order valence-electron chi connectivity index (χ1n) is 8.99. The Kier molecular flexibility index (Phi) is 8.01. The lowest BCUT2D eigenvalue weighted by atomic mass is 10.2. The lowest BCUT2D eigenvalue weighted by Crippen LogP contribution is -2.02.